The molecule has 0 radical (unpaired) electrons. The molecule has 26 heavy (non-hydrogen) atoms. The number of sulfone groups is 1. The summed E-state index contributed by atoms with van der Waals surface area (Å²) in [4.78, 5) is 25.5. The number of likely N-dealkylation sites (tertiary alicyclic amines) is 1. The SMILES string of the molecule is CCCCS(=O)(=O)CC(=O)NCC1CCN1C(=O)c1ccn(C(F)F)n1. The fraction of sp³-hybridized carbons (Fsp3) is 0.667. The Kier molecular flexibility index (Phi) is 6.68. The summed E-state index contributed by atoms with van der Waals surface area (Å²) in [7, 11) is -3.43. The van der Waals surface area contributed by atoms with Crippen molar-refractivity contribution in [2.75, 3.05) is 24.6 Å². The highest BCUT2D eigenvalue weighted by Crippen LogP contribution is 2.20. The minimum absolute atomic E-state index is 0.0300. The minimum Gasteiger partial charge on any atom is -0.353 e. The zero-order valence-corrected chi connectivity index (χ0v) is 15.2. The number of rotatable bonds is 9. The molecule has 0 spiro atoms. The first-order valence-corrected chi connectivity index (χ1v) is 10.2. The van der Waals surface area contributed by atoms with Gasteiger partial charge in [-0.15, -0.1) is 0 Å². The lowest BCUT2D eigenvalue weighted by Gasteiger charge is -2.40. The highest BCUT2D eigenvalue weighted by Gasteiger charge is 2.34. The number of hydrogen-bond acceptors (Lipinski definition) is 5. The molecule has 1 atom stereocenters. The zero-order valence-electron chi connectivity index (χ0n) is 14.4. The van der Waals surface area contributed by atoms with Crippen LogP contribution < -0.4 is 5.32 Å². The second-order valence-electron chi connectivity index (χ2n) is 6.15. The normalized spacial score (nSPS) is 17.2. The molecule has 2 rings (SSSR count). The number of nitrogens with one attached hydrogen (secondary N) is 1. The van der Waals surface area contributed by atoms with E-state index in [-0.39, 0.29) is 24.0 Å². The Balaban J connectivity index is 1.83. The molecular weight excluding hydrogens is 370 g/mol. The molecule has 0 saturated carbocycles. The highest BCUT2D eigenvalue weighted by atomic mass is 32.2. The van der Waals surface area contributed by atoms with Crippen LogP contribution in [0, 0.1) is 0 Å². The van der Waals surface area contributed by atoms with E-state index in [1.54, 1.807) is 0 Å². The maximum Gasteiger partial charge on any atom is 0.333 e. The first-order valence-electron chi connectivity index (χ1n) is 8.35. The molecule has 2 amide bonds. The average molecular weight is 392 g/mol. The van der Waals surface area contributed by atoms with Crippen molar-refractivity contribution in [3.05, 3.63) is 18.0 Å². The molecule has 0 bridgehead atoms. The van der Waals surface area contributed by atoms with Gasteiger partial charge in [-0.2, -0.15) is 13.9 Å². The predicted molar refractivity (Wildman–Crippen MR) is 89.5 cm³/mol. The van der Waals surface area contributed by atoms with Gasteiger partial charge >= 0.3 is 6.55 Å². The third kappa shape index (κ3) is 5.23. The summed E-state index contributed by atoms with van der Waals surface area (Å²) in [5, 5.41) is 6.05. The van der Waals surface area contributed by atoms with Crippen LogP contribution in [0.25, 0.3) is 0 Å². The van der Waals surface area contributed by atoms with Crippen LogP contribution in [0.15, 0.2) is 12.3 Å². The molecule has 1 unspecified atom stereocenters. The molecule has 1 aliphatic heterocycles. The van der Waals surface area contributed by atoms with Gasteiger partial charge in [-0.3, -0.25) is 9.59 Å². The largest absolute Gasteiger partial charge is 0.353 e. The van der Waals surface area contributed by atoms with E-state index in [1.165, 1.54) is 11.0 Å². The Labute approximate surface area is 150 Å². The quantitative estimate of drug-likeness (QED) is 0.671. The Bertz CT molecular complexity index is 751. The van der Waals surface area contributed by atoms with Gasteiger partial charge in [0.05, 0.1) is 11.8 Å². The molecule has 2 heterocycles. The van der Waals surface area contributed by atoms with Gasteiger partial charge in [-0.25, -0.2) is 13.1 Å². The second-order valence-corrected chi connectivity index (χ2v) is 8.33. The fourth-order valence-corrected chi connectivity index (χ4v) is 3.92. The van der Waals surface area contributed by atoms with Crippen LogP contribution >= 0.6 is 0 Å². The maximum absolute atomic E-state index is 12.5. The van der Waals surface area contributed by atoms with Crippen molar-refractivity contribution in [3.63, 3.8) is 0 Å². The van der Waals surface area contributed by atoms with Gasteiger partial charge in [0.25, 0.3) is 5.91 Å². The Morgan fingerprint density at radius 3 is 2.69 bits per heavy atom. The molecule has 0 aromatic carbocycles. The van der Waals surface area contributed by atoms with Gasteiger partial charge in [0.2, 0.25) is 5.91 Å². The lowest BCUT2D eigenvalue weighted by molar-refractivity contribution is -0.119. The summed E-state index contributed by atoms with van der Waals surface area (Å²) < 4.78 is 48.9. The van der Waals surface area contributed by atoms with Crippen LogP contribution in [-0.4, -0.2) is 65.5 Å². The smallest absolute Gasteiger partial charge is 0.333 e. The highest BCUT2D eigenvalue weighted by molar-refractivity contribution is 7.92. The van der Waals surface area contributed by atoms with Crippen LogP contribution in [0.4, 0.5) is 8.78 Å². The fourth-order valence-electron chi connectivity index (χ4n) is 2.55. The van der Waals surface area contributed by atoms with E-state index < -0.39 is 34.0 Å². The Hall–Kier alpha value is -2.04. The van der Waals surface area contributed by atoms with Crippen molar-refractivity contribution < 1.29 is 26.8 Å². The number of unbranched alkanes of at least 4 members (excludes halogenated alkanes) is 1. The number of carbonyl (C=O) groups excluding carboxylic acids is 2. The van der Waals surface area contributed by atoms with Crippen LogP contribution in [0.3, 0.4) is 0 Å². The topological polar surface area (TPSA) is 101 Å². The molecule has 1 aromatic heterocycles. The molecular formula is C15H22F2N4O4S. The van der Waals surface area contributed by atoms with Gasteiger partial charge in [0, 0.05) is 19.3 Å². The lowest BCUT2D eigenvalue weighted by Crippen LogP contribution is -2.56. The monoisotopic (exact) mass is 392 g/mol. The summed E-state index contributed by atoms with van der Waals surface area (Å²) in [5.41, 5.74) is -0.0940. The Morgan fingerprint density at radius 2 is 2.15 bits per heavy atom. The molecule has 1 saturated heterocycles. The van der Waals surface area contributed by atoms with Crippen molar-refractivity contribution in [2.24, 2.45) is 0 Å². The van der Waals surface area contributed by atoms with Crippen molar-refractivity contribution in [1.82, 2.24) is 20.0 Å². The number of amides is 2. The maximum atomic E-state index is 12.5. The summed E-state index contributed by atoms with van der Waals surface area (Å²) in [5.74, 6) is -1.71. The first kappa shape index (κ1) is 20.3. The zero-order chi connectivity index (χ0) is 19.3. The summed E-state index contributed by atoms with van der Waals surface area (Å²) in [6.07, 6.45) is 2.88. The van der Waals surface area contributed by atoms with E-state index in [4.69, 9.17) is 0 Å². The van der Waals surface area contributed by atoms with Gasteiger partial charge in [-0.05, 0) is 18.9 Å². The molecule has 1 fully saturated rings. The molecule has 1 aromatic rings. The second kappa shape index (κ2) is 8.56. The number of halogens is 2. The molecule has 146 valence electrons. The van der Waals surface area contributed by atoms with E-state index >= 15 is 0 Å². The third-order valence-corrected chi connectivity index (χ3v) is 5.74. The number of carbonyl (C=O) groups is 2. The molecule has 1 aliphatic rings. The van der Waals surface area contributed by atoms with Crippen molar-refractivity contribution in [2.45, 2.75) is 38.8 Å². The average Bonchev–Trinajstić information content (AvgIpc) is 3.02. The van der Waals surface area contributed by atoms with Crippen LogP contribution in [0.2, 0.25) is 0 Å². The first-order chi connectivity index (χ1) is 12.2. The number of alkyl halides is 2. The van der Waals surface area contributed by atoms with Gasteiger partial charge < -0.3 is 10.2 Å². The minimum atomic E-state index is -3.43. The van der Waals surface area contributed by atoms with E-state index in [9.17, 15) is 26.8 Å². The molecule has 1 N–H and O–H groups in total. The van der Waals surface area contributed by atoms with Gasteiger partial charge in [0.1, 0.15) is 5.75 Å². The van der Waals surface area contributed by atoms with Crippen molar-refractivity contribution >= 4 is 21.7 Å². The predicted octanol–water partition coefficient (Wildman–Crippen LogP) is 0.824. The number of aromatic nitrogens is 2. The molecule has 0 aliphatic carbocycles. The van der Waals surface area contributed by atoms with Crippen molar-refractivity contribution in [3.8, 4) is 0 Å². The Morgan fingerprint density at radius 1 is 1.42 bits per heavy atom. The van der Waals surface area contributed by atoms with Crippen molar-refractivity contribution in [1.29, 1.82) is 0 Å². The number of nitrogens with zero attached hydrogens (tertiary/aromatic N) is 3. The number of hydrogen-bond donors (Lipinski definition) is 1. The summed E-state index contributed by atoms with van der Waals surface area (Å²) in [6, 6.07) is 0.907. The lowest BCUT2D eigenvalue weighted by atomic mass is 10.0. The molecule has 11 heteroatoms. The van der Waals surface area contributed by atoms with E-state index in [0.29, 0.717) is 24.1 Å². The van der Waals surface area contributed by atoms with Gasteiger partial charge in [-0.1, -0.05) is 13.3 Å². The van der Waals surface area contributed by atoms with Gasteiger partial charge in [0.15, 0.2) is 15.5 Å². The van der Waals surface area contributed by atoms with E-state index in [1.807, 2.05) is 6.92 Å². The molecule has 8 nitrogen and oxygen atoms in total. The van der Waals surface area contributed by atoms with Crippen LogP contribution in [0.1, 0.15) is 43.2 Å². The summed E-state index contributed by atoms with van der Waals surface area (Å²) in [6.45, 7) is -0.418. The van der Waals surface area contributed by atoms with Crippen LogP contribution in [0.5, 0.6) is 0 Å². The summed E-state index contributed by atoms with van der Waals surface area (Å²) >= 11 is 0. The van der Waals surface area contributed by atoms with E-state index in [2.05, 4.69) is 10.4 Å². The third-order valence-electron chi connectivity index (χ3n) is 4.13. The van der Waals surface area contributed by atoms with Crippen LogP contribution in [-0.2, 0) is 14.6 Å². The van der Waals surface area contributed by atoms with E-state index in [0.717, 1.165) is 12.6 Å². The standard InChI is InChI=1S/C15H22F2N4O4S/c1-2-3-8-26(24,25)10-13(22)18-9-11-4-6-20(11)14(23)12-5-7-21(19-12)15(16)17/h5,7,11,15H,2-4,6,8-10H2,1H3,(H,18,22).